The number of nitrogens with zero attached hydrogens (tertiary/aromatic N) is 4. The summed E-state index contributed by atoms with van der Waals surface area (Å²) >= 11 is 7.13. The molecule has 14 heavy (non-hydrogen) atoms. The molecule has 0 radical (unpaired) electrons. The highest BCUT2D eigenvalue weighted by atomic mass is 35.5. The van der Waals surface area contributed by atoms with Gasteiger partial charge in [-0.3, -0.25) is 0 Å². The third kappa shape index (κ3) is 1.80. The molecule has 0 saturated heterocycles. The minimum absolute atomic E-state index is 0.0959. The monoisotopic (exact) mass is 227 g/mol. The third-order valence-corrected chi connectivity index (χ3v) is 2.54. The molecule has 0 bridgehead atoms. The molecule has 0 fully saturated rings. The SMILES string of the molecule is Cc1ncc(-c2nc(N)nc(Cl)n2)s1. The van der Waals surface area contributed by atoms with Gasteiger partial charge in [-0.1, -0.05) is 0 Å². The second-order valence-electron chi connectivity index (χ2n) is 2.53. The highest BCUT2D eigenvalue weighted by Gasteiger charge is 2.07. The predicted molar refractivity (Wildman–Crippen MR) is 55.1 cm³/mol. The number of halogens is 1. The van der Waals surface area contributed by atoms with E-state index in [9.17, 15) is 0 Å². The number of anilines is 1. The number of hydrogen-bond acceptors (Lipinski definition) is 6. The van der Waals surface area contributed by atoms with Gasteiger partial charge in [0.05, 0.1) is 9.88 Å². The summed E-state index contributed by atoms with van der Waals surface area (Å²) in [5, 5.41) is 1.04. The summed E-state index contributed by atoms with van der Waals surface area (Å²) < 4.78 is 0. The maximum Gasteiger partial charge on any atom is 0.227 e. The van der Waals surface area contributed by atoms with E-state index in [1.807, 2.05) is 6.92 Å². The molecule has 7 heteroatoms. The predicted octanol–water partition coefficient (Wildman–Crippen LogP) is 1.54. The highest BCUT2D eigenvalue weighted by Crippen LogP contribution is 2.23. The largest absolute Gasteiger partial charge is 0.368 e. The van der Waals surface area contributed by atoms with E-state index in [4.69, 9.17) is 17.3 Å². The summed E-state index contributed by atoms with van der Waals surface area (Å²) in [5.41, 5.74) is 5.44. The minimum Gasteiger partial charge on any atom is -0.368 e. The number of hydrogen-bond donors (Lipinski definition) is 1. The lowest BCUT2D eigenvalue weighted by molar-refractivity contribution is 1.08. The first-order valence-electron chi connectivity index (χ1n) is 3.75. The van der Waals surface area contributed by atoms with Crippen molar-refractivity contribution in [2.24, 2.45) is 0 Å². The molecule has 0 aliphatic heterocycles. The Bertz CT molecular complexity index is 449. The van der Waals surface area contributed by atoms with Gasteiger partial charge < -0.3 is 5.73 Å². The van der Waals surface area contributed by atoms with Crippen LogP contribution in [0.3, 0.4) is 0 Å². The highest BCUT2D eigenvalue weighted by molar-refractivity contribution is 7.14. The maximum absolute atomic E-state index is 5.65. The van der Waals surface area contributed by atoms with Crippen molar-refractivity contribution in [3.05, 3.63) is 16.5 Å². The van der Waals surface area contributed by atoms with Gasteiger partial charge in [0.1, 0.15) is 0 Å². The minimum atomic E-state index is 0.0959. The Hall–Kier alpha value is -1.27. The molecule has 2 rings (SSSR count). The Labute approximate surface area is 89.0 Å². The molecule has 0 spiro atoms. The molecule has 2 aromatic heterocycles. The van der Waals surface area contributed by atoms with Crippen molar-refractivity contribution in [1.82, 2.24) is 19.9 Å². The van der Waals surface area contributed by atoms with Crippen LogP contribution in [-0.4, -0.2) is 19.9 Å². The van der Waals surface area contributed by atoms with E-state index in [2.05, 4.69) is 19.9 Å². The Morgan fingerprint density at radius 1 is 1.36 bits per heavy atom. The summed E-state index contributed by atoms with van der Waals surface area (Å²) in [5.74, 6) is 0.583. The zero-order valence-electron chi connectivity index (χ0n) is 7.23. The van der Waals surface area contributed by atoms with Crippen molar-refractivity contribution in [1.29, 1.82) is 0 Å². The Morgan fingerprint density at radius 3 is 2.71 bits per heavy atom. The Morgan fingerprint density at radius 2 is 2.14 bits per heavy atom. The van der Waals surface area contributed by atoms with Crippen molar-refractivity contribution in [3.63, 3.8) is 0 Å². The first-order chi connectivity index (χ1) is 6.65. The fourth-order valence-electron chi connectivity index (χ4n) is 0.940. The van der Waals surface area contributed by atoms with Crippen LogP contribution in [0.2, 0.25) is 5.28 Å². The van der Waals surface area contributed by atoms with Crippen molar-refractivity contribution >= 4 is 28.9 Å². The van der Waals surface area contributed by atoms with E-state index in [0.29, 0.717) is 5.82 Å². The number of aromatic nitrogens is 4. The van der Waals surface area contributed by atoms with Gasteiger partial charge in [0.15, 0.2) is 5.82 Å². The van der Waals surface area contributed by atoms with Crippen LogP contribution in [-0.2, 0) is 0 Å². The van der Waals surface area contributed by atoms with Gasteiger partial charge >= 0.3 is 0 Å². The quantitative estimate of drug-likeness (QED) is 0.800. The molecule has 0 unspecified atom stereocenters. The second kappa shape index (κ2) is 3.47. The van der Waals surface area contributed by atoms with Gasteiger partial charge in [0.2, 0.25) is 11.2 Å². The fraction of sp³-hybridized carbons (Fsp3) is 0.143. The van der Waals surface area contributed by atoms with Crippen LogP contribution in [0.4, 0.5) is 5.95 Å². The topological polar surface area (TPSA) is 77.6 Å². The zero-order chi connectivity index (χ0) is 10.1. The second-order valence-corrected chi connectivity index (χ2v) is 4.10. The lowest BCUT2D eigenvalue weighted by Crippen LogP contribution is -1.98. The first kappa shape index (κ1) is 9.29. The molecule has 0 atom stereocenters. The number of rotatable bonds is 1. The van der Waals surface area contributed by atoms with Gasteiger partial charge in [-0.25, -0.2) is 4.98 Å². The zero-order valence-corrected chi connectivity index (χ0v) is 8.80. The third-order valence-electron chi connectivity index (χ3n) is 1.47. The molecule has 2 aromatic rings. The normalized spacial score (nSPS) is 10.4. The summed E-state index contributed by atoms with van der Waals surface area (Å²) in [6.07, 6.45) is 1.69. The van der Waals surface area contributed by atoms with Crippen molar-refractivity contribution < 1.29 is 0 Å². The lowest BCUT2D eigenvalue weighted by atomic mass is 10.5. The fourth-order valence-corrected chi connectivity index (χ4v) is 1.82. The number of aryl methyl sites for hydroxylation is 1. The van der Waals surface area contributed by atoms with Gasteiger partial charge in [-0.15, -0.1) is 11.3 Å². The first-order valence-corrected chi connectivity index (χ1v) is 4.94. The van der Waals surface area contributed by atoms with Crippen LogP contribution in [0.1, 0.15) is 5.01 Å². The average molecular weight is 228 g/mol. The van der Waals surface area contributed by atoms with Crippen molar-refractivity contribution in [2.45, 2.75) is 6.92 Å². The van der Waals surface area contributed by atoms with Crippen LogP contribution in [0.5, 0.6) is 0 Å². The molecular formula is C7H6ClN5S. The summed E-state index contributed by atoms with van der Waals surface area (Å²) in [6, 6.07) is 0. The Balaban J connectivity index is 2.51. The molecule has 0 aliphatic carbocycles. The van der Waals surface area contributed by atoms with Gasteiger partial charge in [-0.2, -0.15) is 15.0 Å². The summed E-state index contributed by atoms with van der Waals surface area (Å²) in [6.45, 7) is 1.90. The van der Waals surface area contributed by atoms with Gasteiger partial charge in [-0.05, 0) is 18.5 Å². The van der Waals surface area contributed by atoms with E-state index in [-0.39, 0.29) is 11.2 Å². The van der Waals surface area contributed by atoms with Crippen LogP contribution >= 0.6 is 22.9 Å². The number of nitrogen functional groups attached to an aromatic ring is 1. The van der Waals surface area contributed by atoms with E-state index < -0.39 is 0 Å². The molecular weight excluding hydrogens is 222 g/mol. The standard InChI is InChI=1S/C7H6ClN5S/c1-3-10-2-4(14-3)5-11-6(8)13-7(9)12-5/h2H,1H3,(H2,9,11,12,13). The molecule has 0 aliphatic rings. The van der Waals surface area contributed by atoms with Crippen LogP contribution in [0.15, 0.2) is 6.20 Å². The van der Waals surface area contributed by atoms with E-state index in [1.54, 1.807) is 6.20 Å². The number of thiazole rings is 1. The Kier molecular flexibility index (Phi) is 2.30. The molecule has 0 aromatic carbocycles. The van der Waals surface area contributed by atoms with Gasteiger partial charge in [0, 0.05) is 6.20 Å². The van der Waals surface area contributed by atoms with Crippen LogP contribution < -0.4 is 5.73 Å². The summed E-state index contributed by atoms with van der Waals surface area (Å²) in [7, 11) is 0. The summed E-state index contributed by atoms with van der Waals surface area (Å²) in [4.78, 5) is 16.5. The average Bonchev–Trinajstić information content (AvgIpc) is 2.50. The van der Waals surface area contributed by atoms with Crippen molar-refractivity contribution in [2.75, 3.05) is 5.73 Å². The molecule has 2 N–H and O–H groups in total. The maximum atomic E-state index is 5.65. The molecule has 2 heterocycles. The lowest BCUT2D eigenvalue weighted by Gasteiger charge is -1.96. The van der Waals surface area contributed by atoms with Crippen LogP contribution in [0, 0.1) is 6.92 Å². The van der Waals surface area contributed by atoms with E-state index in [0.717, 1.165) is 9.88 Å². The number of nitrogens with two attached hydrogens (primary N) is 1. The van der Waals surface area contributed by atoms with Gasteiger partial charge in [0.25, 0.3) is 0 Å². The molecule has 0 amide bonds. The van der Waals surface area contributed by atoms with Crippen LogP contribution in [0.25, 0.3) is 10.7 Å². The molecule has 0 saturated carbocycles. The van der Waals surface area contributed by atoms with Crippen molar-refractivity contribution in [3.8, 4) is 10.7 Å². The van der Waals surface area contributed by atoms with E-state index >= 15 is 0 Å². The smallest absolute Gasteiger partial charge is 0.227 e. The molecule has 5 nitrogen and oxygen atoms in total. The molecule has 72 valence electrons. The van der Waals surface area contributed by atoms with E-state index in [1.165, 1.54) is 11.3 Å².